The summed E-state index contributed by atoms with van der Waals surface area (Å²) in [6, 6.07) is 16.1. The maximum atomic E-state index is 14.6. The first-order chi connectivity index (χ1) is 17.6. The molecule has 194 valence electrons. The minimum absolute atomic E-state index is 0.106. The third-order valence-electron chi connectivity index (χ3n) is 6.25. The number of para-hydroxylation sites is 2. The molecule has 4 rings (SSSR count). The Bertz CT molecular complexity index is 1090. The Morgan fingerprint density at radius 1 is 1.17 bits per heavy atom. The highest BCUT2D eigenvalue weighted by atomic mass is 19.1. The lowest BCUT2D eigenvalue weighted by molar-refractivity contribution is 0.00496. The van der Waals surface area contributed by atoms with Crippen LogP contribution in [0.15, 0.2) is 54.6 Å². The van der Waals surface area contributed by atoms with E-state index in [1.807, 2.05) is 44.2 Å². The van der Waals surface area contributed by atoms with E-state index in [1.165, 1.54) is 6.07 Å². The van der Waals surface area contributed by atoms with Gasteiger partial charge in [-0.2, -0.15) is 5.10 Å². The van der Waals surface area contributed by atoms with Crippen molar-refractivity contribution in [1.29, 1.82) is 0 Å². The van der Waals surface area contributed by atoms with Crippen molar-refractivity contribution in [3.05, 3.63) is 71.7 Å². The van der Waals surface area contributed by atoms with Gasteiger partial charge in [-0.15, -0.1) is 0 Å². The van der Waals surface area contributed by atoms with Crippen LogP contribution in [0, 0.1) is 5.82 Å². The summed E-state index contributed by atoms with van der Waals surface area (Å²) < 4.78 is 33.9. The summed E-state index contributed by atoms with van der Waals surface area (Å²) in [7, 11) is 0. The molecule has 8 heteroatoms. The largest absolute Gasteiger partial charge is 0.435 e. The molecule has 1 N–H and O–H groups in total. The topological polar surface area (TPSA) is 69.0 Å². The zero-order chi connectivity index (χ0) is 25.3. The smallest absolute Gasteiger partial charge is 0.227 e. The van der Waals surface area contributed by atoms with Gasteiger partial charge in [0.25, 0.3) is 0 Å². The van der Waals surface area contributed by atoms with Gasteiger partial charge in [0.15, 0.2) is 11.6 Å². The first kappa shape index (κ1) is 26.3. The van der Waals surface area contributed by atoms with Gasteiger partial charge in [-0.05, 0) is 50.5 Å². The summed E-state index contributed by atoms with van der Waals surface area (Å²) in [5, 5.41) is 15.5. The monoisotopic (exact) mass is 497 g/mol. The first-order valence-electron chi connectivity index (χ1n) is 12.8. The molecular formula is C28H36FN3O4. The summed E-state index contributed by atoms with van der Waals surface area (Å²) in [5.41, 5.74) is 2.56. The Morgan fingerprint density at radius 3 is 2.64 bits per heavy atom. The van der Waals surface area contributed by atoms with E-state index in [-0.39, 0.29) is 18.5 Å². The summed E-state index contributed by atoms with van der Waals surface area (Å²) in [5.74, 6) is 0.172. The van der Waals surface area contributed by atoms with Crippen molar-refractivity contribution < 1.29 is 23.7 Å². The Kier molecular flexibility index (Phi) is 9.47. The highest BCUT2D eigenvalue weighted by Crippen LogP contribution is 2.33. The molecule has 2 atom stereocenters. The Labute approximate surface area is 212 Å². The molecule has 1 aromatic heterocycles. The van der Waals surface area contributed by atoms with Crippen LogP contribution in [-0.4, -0.2) is 64.9 Å². The number of aromatic nitrogens is 2. The second-order valence-electron chi connectivity index (χ2n) is 9.01. The number of aliphatic hydroxyl groups excluding tert-OH is 1. The molecule has 36 heavy (non-hydrogen) atoms. The molecule has 3 aromatic rings. The number of rotatable bonds is 13. The van der Waals surface area contributed by atoms with Crippen molar-refractivity contribution in [2.24, 2.45) is 0 Å². The van der Waals surface area contributed by atoms with Gasteiger partial charge in [-0.25, -0.2) is 9.07 Å². The van der Waals surface area contributed by atoms with Crippen molar-refractivity contribution in [2.75, 3.05) is 32.9 Å². The van der Waals surface area contributed by atoms with E-state index in [9.17, 15) is 9.50 Å². The SMILES string of the molecule is CCOC[C@H](O)CN(Cc1c(CC)nn(-c2ccccc2)c1Oc1ccccc1F)C[C@H]1CCCO1. The summed E-state index contributed by atoms with van der Waals surface area (Å²) in [4.78, 5) is 2.17. The standard InChI is InChI=1S/C28H36FN3O4/c1-3-26-24(19-31(17-22(33)20-34-4-2)18-23-13-10-16-35-23)28(36-27-15-9-8-14-25(27)29)32(30-26)21-11-6-5-7-12-21/h5-9,11-12,14-15,22-23,33H,3-4,10,13,16-20H2,1-2H3/t22-,23-/m1/s1. The maximum absolute atomic E-state index is 14.6. The summed E-state index contributed by atoms with van der Waals surface area (Å²) in [6.07, 6.45) is 2.16. The molecule has 0 spiro atoms. The average molecular weight is 498 g/mol. The first-order valence-corrected chi connectivity index (χ1v) is 12.8. The van der Waals surface area contributed by atoms with Gasteiger partial charge in [-0.1, -0.05) is 37.3 Å². The molecule has 1 saturated heterocycles. The Hall–Kier alpha value is -2.78. The summed E-state index contributed by atoms with van der Waals surface area (Å²) in [6.45, 7) is 7.09. The van der Waals surface area contributed by atoms with Crippen LogP contribution in [-0.2, 0) is 22.4 Å². The van der Waals surface area contributed by atoms with Crippen molar-refractivity contribution in [1.82, 2.24) is 14.7 Å². The summed E-state index contributed by atoms with van der Waals surface area (Å²) >= 11 is 0. The molecule has 2 heterocycles. The highest BCUT2D eigenvalue weighted by molar-refractivity contribution is 5.44. The fourth-order valence-electron chi connectivity index (χ4n) is 4.51. The van der Waals surface area contributed by atoms with Crippen molar-refractivity contribution in [3.63, 3.8) is 0 Å². The van der Waals surface area contributed by atoms with Crippen molar-refractivity contribution in [2.45, 2.75) is 51.9 Å². The molecule has 0 unspecified atom stereocenters. The molecule has 1 aliphatic heterocycles. The number of ether oxygens (including phenoxy) is 3. The van der Waals surface area contributed by atoms with Crippen molar-refractivity contribution in [3.8, 4) is 17.3 Å². The normalized spacial score (nSPS) is 16.5. The predicted octanol–water partition coefficient (Wildman–Crippen LogP) is 4.74. The van der Waals surface area contributed by atoms with Gasteiger partial charge in [0.2, 0.25) is 5.88 Å². The van der Waals surface area contributed by atoms with E-state index in [0.29, 0.717) is 38.5 Å². The van der Waals surface area contributed by atoms with E-state index >= 15 is 0 Å². The van der Waals surface area contributed by atoms with Gasteiger partial charge in [-0.3, -0.25) is 4.90 Å². The van der Waals surface area contributed by atoms with E-state index < -0.39 is 11.9 Å². The fourth-order valence-corrected chi connectivity index (χ4v) is 4.51. The number of aliphatic hydroxyl groups is 1. The number of aryl methyl sites for hydroxylation is 1. The van der Waals surface area contributed by atoms with Gasteiger partial charge in [0, 0.05) is 32.8 Å². The molecule has 0 bridgehead atoms. The van der Waals surface area contributed by atoms with Gasteiger partial charge in [0.1, 0.15) is 0 Å². The van der Waals surface area contributed by atoms with Crippen LogP contribution < -0.4 is 4.74 Å². The van der Waals surface area contributed by atoms with Crippen LogP contribution in [0.25, 0.3) is 5.69 Å². The van der Waals surface area contributed by atoms with Gasteiger partial charge >= 0.3 is 0 Å². The zero-order valence-electron chi connectivity index (χ0n) is 21.1. The minimum atomic E-state index is -0.642. The fraction of sp³-hybridized carbons (Fsp3) is 0.464. The number of halogens is 1. The van der Waals surface area contributed by atoms with Crippen LogP contribution in [0.3, 0.4) is 0 Å². The van der Waals surface area contributed by atoms with E-state index in [4.69, 9.17) is 19.3 Å². The lowest BCUT2D eigenvalue weighted by atomic mass is 10.1. The van der Waals surface area contributed by atoms with Crippen LogP contribution >= 0.6 is 0 Å². The second kappa shape index (κ2) is 13.0. The lowest BCUT2D eigenvalue weighted by Crippen LogP contribution is -2.39. The Morgan fingerprint density at radius 2 is 1.94 bits per heavy atom. The minimum Gasteiger partial charge on any atom is -0.435 e. The molecule has 0 aliphatic carbocycles. The molecule has 1 fully saturated rings. The number of nitrogens with zero attached hydrogens (tertiary/aromatic N) is 3. The predicted molar refractivity (Wildman–Crippen MR) is 136 cm³/mol. The molecule has 1 aliphatic rings. The van der Waals surface area contributed by atoms with Crippen LogP contribution in [0.5, 0.6) is 11.6 Å². The third-order valence-corrected chi connectivity index (χ3v) is 6.25. The number of hydrogen-bond acceptors (Lipinski definition) is 6. The molecule has 0 amide bonds. The van der Waals surface area contributed by atoms with Crippen molar-refractivity contribution >= 4 is 0 Å². The van der Waals surface area contributed by atoms with Crippen LogP contribution in [0.2, 0.25) is 0 Å². The number of benzene rings is 2. The Balaban J connectivity index is 1.70. The van der Waals surface area contributed by atoms with Gasteiger partial charge < -0.3 is 19.3 Å². The molecule has 0 radical (unpaired) electrons. The van der Waals surface area contributed by atoms with Gasteiger partial charge in [0.05, 0.1) is 35.8 Å². The van der Waals surface area contributed by atoms with E-state index in [1.54, 1.807) is 22.9 Å². The quantitative estimate of drug-likeness (QED) is 0.368. The molecule has 7 nitrogen and oxygen atoms in total. The molecule has 2 aromatic carbocycles. The van der Waals surface area contributed by atoms with E-state index in [0.717, 1.165) is 36.4 Å². The van der Waals surface area contributed by atoms with Crippen LogP contribution in [0.1, 0.15) is 37.9 Å². The van der Waals surface area contributed by atoms with Crippen LogP contribution in [0.4, 0.5) is 4.39 Å². The second-order valence-corrected chi connectivity index (χ2v) is 9.01. The maximum Gasteiger partial charge on any atom is 0.227 e. The van der Waals surface area contributed by atoms with E-state index in [2.05, 4.69) is 4.90 Å². The molecular weight excluding hydrogens is 461 g/mol. The molecule has 0 saturated carbocycles. The third kappa shape index (κ3) is 6.70. The average Bonchev–Trinajstić information content (AvgIpc) is 3.52. The number of hydrogen-bond donors (Lipinski definition) is 1. The highest BCUT2D eigenvalue weighted by Gasteiger charge is 2.27. The lowest BCUT2D eigenvalue weighted by Gasteiger charge is -2.27. The zero-order valence-corrected chi connectivity index (χ0v) is 21.1.